The van der Waals surface area contributed by atoms with E-state index in [1.165, 1.54) is 22.1 Å². The van der Waals surface area contributed by atoms with Gasteiger partial charge in [-0.1, -0.05) is 24.3 Å². The molecule has 130 valence electrons. The van der Waals surface area contributed by atoms with Crippen molar-refractivity contribution in [3.63, 3.8) is 0 Å². The van der Waals surface area contributed by atoms with Crippen LogP contribution in [-0.2, 0) is 17.7 Å². The van der Waals surface area contributed by atoms with Crippen molar-refractivity contribution in [2.75, 3.05) is 29.5 Å². The van der Waals surface area contributed by atoms with E-state index in [-0.39, 0.29) is 19.0 Å². The molecule has 2 heterocycles. The van der Waals surface area contributed by atoms with Crippen LogP contribution in [0.3, 0.4) is 0 Å². The lowest BCUT2D eigenvalue weighted by Crippen LogP contribution is -2.31. The summed E-state index contributed by atoms with van der Waals surface area (Å²) in [4.78, 5) is 15.2. The fourth-order valence-electron chi connectivity index (χ4n) is 3.45. The number of nitrogens with zero attached hydrogens (tertiary/aromatic N) is 2. The summed E-state index contributed by atoms with van der Waals surface area (Å²) >= 11 is 0. The number of hydrogen-bond acceptors (Lipinski definition) is 4. The van der Waals surface area contributed by atoms with E-state index in [1.807, 2.05) is 17.0 Å². The van der Waals surface area contributed by atoms with E-state index in [9.17, 15) is 9.18 Å². The van der Waals surface area contributed by atoms with Gasteiger partial charge in [0.2, 0.25) is 0 Å². The molecule has 1 fully saturated rings. The number of halogens is 1. The molecule has 0 aliphatic carbocycles. The normalized spacial score (nSPS) is 19.8. The highest BCUT2D eigenvalue weighted by atomic mass is 19.1. The summed E-state index contributed by atoms with van der Waals surface area (Å²) in [5.74, 6) is -0.364. The van der Waals surface area contributed by atoms with Crippen molar-refractivity contribution in [1.29, 1.82) is 0 Å². The van der Waals surface area contributed by atoms with Gasteiger partial charge in [0.1, 0.15) is 11.9 Å². The molecule has 6 heteroatoms. The van der Waals surface area contributed by atoms with E-state index in [1.54, 1.807) is 12.1 Å². The van der Waals surface area contributed by atoms with Gasteiger partial charge in [0.05, 0.1) is 24.5 Å². The lowest BCUT2D eigenvalue weighted by molar-refractivity contribution is 0.0963. The van der Waals surface area contributed by atoms with Gasteiger partial charge in [0.15, 0.2) is 0 Å². The molecule has 25 heavy (non-hydrogen) atoms. The Morgan fingerprint density at radius 3 is 2.72 bits per heavy atom. The highest BCUT2D eigenvalue weighted by Gasteiger charge is 2.32. The lowest BCUT2D eigenvalue weighted by Gasteiger charge is -2.31. The van der Waals surface area contributed by atoms with E-state index >= 15 is 0 Å². The number of anilines is 2. The Balaban J connectivity index is 1.56. The van der Waals surface area contributed by atoms with Crippen LogP contribution in [0.4, 0.5) is 20.6 Å². The van der Waals surface area contributed by atoms with Gasteiger partial charge >= 0.3 is 6.09 Å². The maximum atomic E-state index is 14.7. The minimum Gasteiger partial charge on any atom is -0.441 e. The summed E-state index contributed by atoms with van der Waals surface area (Å²) < 4.78 is 19.7. The van der Waals surface area contributed by atoms with E-state index < -0.39 is 12.2 Å². The predicted octanol–water partition coefficient (Wildman–Crippen LogP) is 2.71. The van der Waals surface area contributed by atoms with Crippen LogP contribution in [0.2, 0.25) is 0 Å². The molecule has 1 amide bonds. The average molecular weight is 342 g/mol. The largest absolute Gasteiger partial charge is 0.441 e. The maximum absolute atomic E-state index is 14.7. The number of fused-ring (bicyclic) bond motifs is 1. The SMILES string of the molecule is O=C1OC(CO)CN1c1ccc(N2CCc3ccccc3C2)c(F)c1. The first-order valence-electron chi connectivity index (χ1n) is 8.36. The molecule has 2 aromatic carbocycles. The molecule has 1 atom stereocenters. The fraction of sp³-hybridized carbons (Fsp3) is 0.316. The van der Waals surface area contributed by atoms with E-state index in [0.717, 1.165) is 13.0 Å². The minimum atomic E-state index is -0.561. The van der Waals surface area contributed by atoms with Crippen molar-refractivity contribution in [2.45, 2.75) is 19.1 Å². The van der Waals surface area contributed by atoms with Crippen molar-refractivity contribution in [1.82, 2.24) is 0 Å². The number of ether oxygens (including phenoxy) is 1. The molecule has 4 rings (SSSR count). The third-order valence-corrected chi connectivity index (χ3v) is 4.79. The molecule has 0 saturated carbocycles. The van der Waals surface area contributed by atoms with Gasteiger partial charge in [0, 0.05) is 13.1 Å². The van der Waals surface area contributed by atoms with Crippen LogP contribution < -0.4 is 9.80 Å². The number of amides is 1. The topological polar surface area (TPSA) is 53.0 Å². The van der Waals surface area contributed by atoms with Crippen molar-refractivity contribution >= 4 is 17.5 Å². The second-order valence-electron chi connectivity index (χ2n) is 6.37. The maximum Gasteiger partial charge on any atom is 0.414 e. The lowest BCUT2D eigenvalue weighted by atomic mass is 9.99. The van der Waals surface area contributed by atoms with Crippen LogP contribution in [0, 0.1) is 5.82 Å². The smallest absolute Gasteiger partial charge is 0.414 e. The first kappa shape index (κ1) is 15.9. The highest BCUT2D eigenvalue weighted by Crippen LogP contribution is 2.30. The Morgan fingerprint density at radius 1 is 1.20 bits per heavy atom. The third kappa shape index (κ3) is 2.93. The van der Waals surface area contributed by atoms with Crippen LogP contribution in [0.15, 0.2) is 42.5 Å². The van der Waals surface area contributed by atoms with Crippen molar-refractivity contribution in [3.8, 4) is 0 Å². The summed E-state index contributed by atoms with van der Waals surface area (Å²) in [6.07, 6.45) is -0.236. The Kier molecular flexibility index (Phi) is 4.05. The Morgan fingerprint density at radius 2 is 2.00 bits per heavy atom. The Hall–Kier alpha value is -2.60. The number of carbonyl (C=O) groups excluding carboxylic acids is 1. The number of aliphatic hydroxyl groups excluding tert-OH is 1. The van der Waals surface area contributed by atoms with Crippen LogP contribution in [0.5, 0.6) is 0 Å². The molecule has 1 N–H and O–H groups in total. The van der Waals surface area contributed by atoms with Gasteiger partial charge < -0.3 is 14.7 Å². The van der Waals surface area contributed by atoms with Crippen LogP contribution >= 0.6 is 0 Å². The molecule has 0 spiro atoms. The molecule has 1 unspecified atom stereocenters. The second-order valence-corrected chi connectivity index (χ2v) is 6.37. The molecule has 0 aromatic heterocycles. The zero-order chi connectivity index (χ0) is 17.4. The highest BCUT2D eigenvalue weighted by molar-refractivity contribution is 5.90. The fourth-order valence-corrected chi connectivity index (χ4v) is 3.45. The second kappa shape index (κ2) is 6.37. The monoisotopic (exact) mass is 342 g/mol. The zero-order valence-electron chi connectivity index (χ0n) is 13.7. The number of rotatable bonds is 3. The summed E-state index contributed by atoms with van der Waals surface area (Å²) in [6, 6.07) is 13.0. The molecule has 0 radical (unpaired) electrons. The third-order valence-electron chi connectivity index (χ3n) is 4.79. The predicted molar refractivity (Wildman–Crippen MR) is 92.3 cm³/mol. The van der Waals surface area contributed by atoms with E-state index in [4.69, 9.17) is 9.84 Å². The van der Waals surface area contributed by atoms with Gasteiger partial charge in [-0.15, -0.1) is 0 Å². The number of cyclic esters (lactones) is 1. The van der Waals surface area contributed by atoms with E-state index in [2.05, 4.69) is 12.1 Å². The zero-order valence-corrected chi connectivity index (χ0v) is 13.7. The summed E-state index contributed by atoms with van der Waals surface area (Å²) in [5.41, 5.74) is 3.50. The van der Waals surface area contributed by atoms with Gasteiger partial charge in [-0.25, -0.2) is 9.18 Å². The molecule has 2 aromatic rings. The first-order chi connectivity index (χ1) is 12.2. The molecular weight excluding hydrogens is 323 g/mol. The number of hydrogen-bond donors (Lipinski definition) is 1. The van der Waals surface area contributed by atoms with Gasteiger partial charge in [-0.05, 0) is 35.7 Å². The van der Waals surface area contributed by atoms with Gasteiger partial charge in [-0.2, -0.15) is 0 Å². The molecular formula is C19H19FN2O3. The molecule has 2 aliphatic heterocycles. The number of carbonyl (C=O) groups is 1. The molecule has 1 saturated heterocycles. The summed E-state index contributed by atoms with van der Waals surface area (Å²) in [7, 11) is 0. The summed E-state index contributed by atoms with van der Waals surface area (Å²) in [6.45, 7) is 1.41. The Bertz CT molecular complexity index is 811. The molecule has 0 bridgehead atoms. The Labute approximate surface area is 145 Å². The van der Waals surface area contributed by atoms with Crippen molar-refractivity contribution in [2.24, 2.45) is 0 Å². The van der Waals surface area contributed by atoms with Crippen LogP contribution in [0.1, 0.15) is 11.1 Å². The van der Waals surface area contributed by atoms with Gasteiger partial charge in [-0.3, -0.25) is 4.90 Å². The van der Waals surface area contributed by atoms with Crippen molar-refractivity contribution < 1.29 is 19.0 Å². The summed E-state index contributed by atoms with van der Waals surface area (Å²) in [5, 5.41) is 9.11. The number of benzene rings is 2. The van der Waals surface area contributed by atoms with E-state index in [0.29, 0.717) is 17.9 Å². The standard InChI is InChI=1S/C19H19FN2O3/c20-17-9-15(22-11-16(12-23)25-19(22)24)5-6-18(17)21-8-7-13-3-1-2-4-14(13)10-21/h1-6,9,16,23H,7-8,10-12H2. The first-order valence-corrected chi connectivity index (χ1v) is 8.36. The average Bonchev–Trinajstić information content (AvgIpc) is 3.02. The van der Waals surface area contributed by atoms with Crippen LogP contribution in [-0.4, -0.2) is 37.0 Å². The van der Waals surface area contributed by atoms with Crippen LogP contribution in [0.25, 0.3) is 0 Å². The molecule has 5 nitrogen and oxygen atoms in total. The van der Waals surface area contributed by atoms with Gasteiger partial charge in [0.25, 0.3) is 0 Å². The minimum absolute atomic E-state index is 0.227. The quantitative estimate of drug-likeness (QED) is 0.932. The molecule has 2 aliphatic rings. The van der Waals surface area contributed by atoms with Crippen molar-refractivity contribution in [3.05, 3.63) is 59.4 Å². The number of aliphatic hydroxyl groups is 1.